The van der Waals surface area contributed by atoms with Crippen LogP contribution in [0.4, 0.5) is 17.2 Å². The highest BCUT2D eigenvalue weighted by molar-refractivity contribution is 9.10. The number of carbonyl (C=O) groups is 2. The fourth-order valence-corrected chi connectivity index (χ4v) is 5.67. The Morgan fingerprint density at radius 2 is 2.00 bits per heavy atom. The van der Waals surface area contributed by atoms with E-state index in [0.717, 1.165) is 0 Å². The molecule has 2 saturated heterocycles. The van der Waals surface area contributed by atoms with Gasteiger partial charge in [-0.25, -0.2) is 0 Å². The van der Waals surface area contributed by atoms with Crippen LogP contribution in [0.2, 0.25) is 0 Å². The van der Waals surface area contributed by atoms with Crippen LogP contribution in [0.1, 0.15) is 30.6 Å². The SMILES string of the molecule is COCCn1cc(Br)c(NC(=O)[C@@H]2C[C@@H](Nc3c(C(=O)N4C[C@@H](C)O[C@@H](C)C4)cc(Br)cc3[N+](=O)[O-])CN2)n1. The van der Waals surface area contributed by atoms with Gasteiger partial charge in [-0.3, -0.25) is 24.4 Å². The van der Waals surface area contributed by atoms with Crippen molar-refractivity contribution in [1.29, 1.82) is 0 Å². The van der Waals surface area contributed by atoms with Crippen molar-refractivity contribution in [1.82, 2.24) is 20.0 Å². The number of rotatable bonds is 9. The maximum Gasteiger partial charge on any atom is 0.294 e. The first-order valence-corrected chi connectivity index (χ1v) is 14.1. The van der Waals surface area contributed by atoms with Crippen LogP contribution in [-0.2, 0) is 20.8 Å². The first kappa shape index (κ1) is 29.4. The van der Waals surface area contributed by atoms with Crippen LogP contribution < -0.4 is 16.0 Å². The maximum absolute atomic E-state index is 13.6. The van der Waals surface area contributed by atoms with Crippen molar-refractivity contribution < 1.29 is 24.0 Å². The average molecular weight is 673 g/mol. The maximum atomic E-state index is 13.6. The van der Waals surface area contributed by atoms with Gasteiger partial charge in [-0.2, -0.15) is 5.10 Å². The molecular weight excluding hydrogens is 642 g/mol. The van der Waals surface area contributed by atoms with Crippen molar-refractivity contribution >= 4 is 60.9 Å². The van der Waals surface area contributed by atoms with Gasteiger partial charge in [0.2, 0.25) is 5.91 Å². The van der Waals surface area contributed by atoms with E-state index in [2.05, 4.69) is 52.9 Å². The average Bonchev–Trinajstić information content (AvgIpc) is 3.48. The number of halogens is 2. The molecule has 2 amide bonds. The zero-order chi connectivity index (χ0) is 28.3. The fraction of sp³-hybridized carbons (Fsp3) is 0.542. The second kappa shape index (κ2) is 12.7. The Bertz CT molecular complexity index is 1230. The fourth-order valence-electron chi connectivity index (χ4n) is 4.81. The number of nitro benzene ring substituents is 1. The summed E-state index contributed by atoms with van der Waals surface area (Å²) in [5, 5.41) is 25.5. The lowest BCUT2D eigenvalue weighted by Gasteiger charge is -2.35. The van der Waals surface area contributed by atoms with Gasteiger partial charge in [0.25, 0.3) is 11.6 Å². The Labute approximate surface area is 242 Å². The van der Waals surface area contributed by atoms with E-state index in [1.54, 1.807) is 29.0 Å². The van der Waals surface area contributed by atoms with Gasteiger partial charge in [-0.1, -0.05) is 15.9 Å². The van der Waals surface area contributed by atoms with E-state index in [1.807, 2.05) is 13.8 Å². The molecule has 3 N–H and O–H groups in total. The van der Waals surface area contributed by atoms with Crippen LogP contribution in [-0.4, -0.2) is 89.1 Å². The summed E-state index contributed by atoms with van der Waals surface area (Å²) in [6.45, 7) is 5.92. The predicted molar refractivity (Wildman–Crippen MR) is 151 cm³/mol. The summed E-state index contributed by atoms with van der Waals surface area (Å²) in [5.41, 5.74) is 0.101. The van der Waals surface area contributed by atoms with E-state index in [4.69, 9.17) is 9.47 Å². The van der Waals surface area contributed by atoms with Gasteiger partial charge in [0.15, 0.2) is 5.82 Å². The van der Waals surface area contributed by atoms with Crippen molar-refractivity contribution in [3.05, 3.63) is 43.0 Å². The molecule has 2 fully saturated rings. The molecule has 2 aliphatic rings. The van der Waals surface area contributed by atoms with E-state index < -0.39 is 11.0 Å². The number of nitrogens with one attached hydrogen (secondary N) is 3. The molecule has 2 aromatic rings. The van der Waals surface area contributed by atoms with Crippen molar-refractivity contribution in [2.45, 2.75) is 51.1 Å². The molecule has 13 nitrogen and oxygen atoms in total. The smallest absolute Gasteiger partial charge is 0.294 e. The van der Waals surface area contributed by atoms with Gasteiger partial charge in [0.1, 0.15) is 5.69 Å². The van der Waals surface area contributed by atoms with Crippen molar-refractivity contribution in [3.63, 3.8) is 0 Å². The molecule has 0 spiro atoms. The summed E-state index contributed by atoms with van der Waals surface area (Å²) in [6, 6.07) is 2.06. The molecule has 0 saturated carbocycles. The van der Waals surface area contributed by atoms with E-state index in [1.165, 1.54) is 6.07 Å². The molecule has 3 heterocycles. The van der Waals surface area contributed by atoms with Crippen molar-refractivity contribution in [3.8, 4) is 0 Å². The van der Waals surface area contributed by atoms with Gasteiger partial charge >= 0.3 is 0 Å². The number of hydrogen-bond donors (Lipinski definition) is 3. The van der Waals surface area contributed by atoms with E-state index in [-0.39, 0.29) is 47.0 Å². The molecular formula is C24H31Br2N7O6. The number of benzene rings is 1. The lowest BCUT2D eigenvalue weighted by molar-refractivity contribution is -0.384. The monoisotopic (exact) mass is 671 g/mol. The van der Waals surface area contributed by atoms with Gasteiger partial charge < -0.3 is 30.3 Å². The molecule has 0 bridgehead atoms. The minimum absolute atomic E-state index is 0.132. The minimum Gasteiger partial charge on any atom is -0.383 e. The number of nitro groups is 1. The highest BCUT2D eigenvalue weighted by Crippen LogP contribution is 2.35. The predicted octanol–water partition coefficient (Wildman–Crippen LogP) is 2.99. The lowest BCUT2D eigenvalue weighted by Crippen LogP contribution is -2.48. The van der Waals surface area contributed by atoms with Gasteiger partial charge in [0, 0.05) is 49.5 Å². The Hall–Kier alpha value is -2.59. The largest absolute Gasteiger partial charge is 0.383 e. The Morgan fingerprint density at radius 1 is 1.28 bits per heavy atom. The third-order valence-electron chi connectivity index (χ3n) is 6.50. The number of methoxy groups -OCH3 is 1. The highest BCUT2D eigenvalue weighted by Gasteiger charge is 2.35. The third-order valence-corrected chi connectivity index (χ3v) is 7.53. The number of amides is 2. The van der Waals surface area contributed by atoms with E-state index in [9.17, 15) is 19.7 Å². The summed E-state index contributed by atoms with van der Waals surface area (Å²) in [4.78, 5) is 39.7. The van der Waals surface area contributed by atoms with Crippen LogP contribution in [0, 0.1) is 10.1 Å². The van der Waals surface area contributed by atoms with E-state index in [0.29, 0.717) is 54.0 Å². The zero-order valence-corrected chi connectivity index (χ0v) is 25.0. The minimum atomic E-state index is -0.562. The Morgan fingerprint density at radius 3 is 2.67 bits per heavy atom. The molecule has 4 atom stereocenters. The number of anilines is 2. The number of carbonyl (C=O) groups excluding carboxylic acids is 2. The normalized spacial score (nSPS) is 23.1. The number of nitrogens with zero attached hydrogens (tertiary/aromatic N) is 4. The Kier molecular flexibility index (Phi) is 9.59. The quantitative estimate of drug-likeness (QED) is 0.270. The van der Waals surface area contributed by atoms with Crippen LogP contribution >= 0.6 is 31.9 Å². The van der Waals surface area contributed by atoms with Crippen molar-refractivity contribution in [2.24, 2.45) is 0 Å². The summed E-state index contributed by atoms with van der Waals surface area (Å²) in [7, 11) is 1.60. The van der Waals surface area contributed by atoms with Gasteiger partial charge in [0.05, 0.1) is 46.4 Å². The number of morpholine rings is 1. The molecule has 39 heavy (non-hydrogen) atoms. The van der Waals surface area contributed by atoms with Crippen LogP contribution in [0.25, 0.3) is 0 Å². The van der Waals surface area contributed by atoms with Gasteiger partial charge in [-0.05, 0) is 42.3 Å². The highest BCUT2D eigenvalue weighted by atomic mass is 79.9. The molecule has 0 unspecified atom stereocenters. The van der Waals surface area contributed by atoms with Crippen LogP contribution in [0.15, 0.2) is 27.3 Å². The molecule has 212 valence electrons. The Balaban J connectivity index is 1.49. The number of aromatic nitrogens is 2. The molecule has 0 radical (unpaired) electrons. The zero-order valence-electron chi connectivity index (χ0n) is 21.8. The summed E-state index contributed by atoms with van der Waals surface area (Å²) in [6.07, 6.45) is 1.80. The first-order valence-electron chi connectivity index (χ1n) is 12.5. The van der Waals surface area contributed by atoms with Crippen LogP contribution in [0.3, 0.4) is 0 Å². The topological polar surface area (TPSA) is 153 Å². The lowest BCUT2D eigenvalue weighted by atomic mass is 10.1. The second-order valence-corrected chi connectivity index (χ2v) is 11.5. The standard InChI is InChI=1S/C24H31Br2N7O6/c1-13-10-31(11-14(2)39-13)24(35)17-6-15(25)7-20(33(36)37)21(17)28-16-8-19(27-9-16)23(34)29-22-18(26)12-32(30-22)4-5-38-3/h6-7,12-14,16,19,27-28H,4-5,8-11H2,1-3H3,(H,29,30,34)/t13-,14+,16-,19+/m1/s1. The molecule has 2 aliphatic heterocycles. The molecule has 1 aromatic heterocycles. The summed E-state index contributed by atoms with van der Waals surface area (Å²) >= 11 is 6.72. The second-order valence-electron chi connectivity index (χ2n) is 9.68. The molecule has 15 heteroatoms. The van der Waals surface area contributed by atoms with Crippen LogP contribution in [0.5, 0.6) is 0 Å². The molecule has 1 aromatic carbocycles. The summed E-state index contributed by atoms with van der Waals surface area (Å²) in [5.74, 6) is -0.215. The third kappa shape index (κ3) is 7.14. The molecule has 0 aliphatic carbocycles. The first-order chi connectivity index (χ1) is 18.5. The van der Waals surface area contributed by atoms with Crippen molar-refractivity contribution in [2.75, 3.05) is 44.0 Å². The number of hydrogen-bond acceptors (Lipinski definition) is 9. The van der Waals surface area contributed by atoms with E-state index >= 15 is 0 Å². The summed E-state index contributed by atoms with van der Waals surface area (Å²) < 4.78 is 13.5. The molecule has 4 rings (SSSR count). The number of ether oxygens (including phenoxy) is 2. The van der Waals surface area contributed by atoms with Gasteiger partial charge in [-0.15, -0.1) is 0 Å².